The maximum Gasteiger partial charge on any atom is 0.141 e. The molecule has 25 heavy (non-hydrogen) atoms. The molecule has 4 aromatic rings. The zero-order chi connectivity index (χ0) is 17.2. The number of benzene rings is 2. The van der Waals surface area contributed by atoms with Gasteiger partial charge >= 0.3 is 0 Å². The van der Waals surface area contributed by atoms with Gasteiger partial charge in [0.25, 0.3) is 0 Å². The maximum absolute atomic E-state index is 13.9. The first-order chi connectivity index (χ1) is 12.2. The third-order valence-electron chi connectivity index (χ3n) is 4.27. The third-order valence-corrected chi connectivity index (χ3v) is 4.27. The van der Waals surface area contributed by atoms with Gasteiger partial charge in [-0.25, -0.2) is 14.4 Å². The lowest BCUT2D eigenvalue weighted by Gasteiger charge is -2.03. The Morgan fingerprint density at radius 2 is 1.80 bits per heavy atom. The SMILES string of the molecule is OCc1ccc(-c2cc3c(Cc4ccccc4F)ncnc3[nH]2)cc1. The quantitative estimate of drug-likeness (QED) is 0.596. The fourth-order valence-electron chi connectivity index (χ4n) is 2.90. The van der Waals surface area contributed by atoms with E-state index in [9.17, 15) is 4.39 Å². The average Bonchev–Trinajstić information content (AvgIpc) is 3.09. The molecule has 2 heterocycles. The first kappa shape index (κ1) is 15.5. The van der Waals surface area contributed by atoms with Gasteiger partial charge in [-0.05, 0) is 28.8 Å². The number of hydrogen-bond acceptors (Lipinski definition) is 3. The van der Waals surface area contributed by atoms with Crippen LogP contribution in [0.4, 0.5) is 4.39 Å². The molecule has 2 aromatic carbocycles. The minimum Gasteiger partial charge on any atom is -0.392 e. The monoisotopic (exact) mass is 333 g/mol. The standard InChI is InChI=1S/C20H16FN3O/c21-17-4-2-1-3-15(17)9-19-16-10-18(24-20(16)23-12-22-19)14-7-5-13(11-25)6-8-14/h1-8,10,12,25H,9,11H2,(H,22,23,24). The zero-order valence-corrected chi connectivity index (χ0v) is 13.4. The molecule has 0 aliphatic rings. The van der Waals surface area contributed by atoms with Gasteiger partial charge in [0.2, 0.25) is 0 Å². The van der Waals surface area contributed by atoms with Crippen LogP contribution in [0.5, 0.6) is 0 Å². The molecule has 0 atom stereocenters. The summed E-state index contributed by atoms with van der Waals surface area (Å²) < 4.78 is 13.9. The Labute approximate surface area is 144 Å². The predicted molar refractivity (Wildman–Crippen MR) is 94.5 cm³/mol. The Morgan fingerprint density at radius 1 is 1.00 bits per heavy atom. The minimum atomic E-state index is -0.232. The lowest BCUT2D eigenvalue weighted by Crippen LogP contribution is -1.96. The highest BCUT2D eigenvalue weighted by Gasteiger charge is 2.11. The van der Waals surface area contributed by atoms with E-state index in [1.165, 1.54) is 12.4 Å². The second-order valence-corrected chi connectivity index (χ2v) is 5.89. The van der Waals surface area contributed by atoms with Gasteiger partial charge in [-0.2, -0.15) is 0 Å². The fraction of sp³-hybridized carbons (Fsp3) is 0.100. The van der Waals surface area contributed by atoms with E-state index in [4.69, 9.17) is 5.11 Å². The van der Waals surface area contributed by atoms with E-state index in [2.05, 4.69) is 15.0 Å². The van der Waals surface area contributed by atoms with Crippen molar-refractivity contribution in [2.45, 2.75) is 13.0 Å². The molecular formula is C20H16FN3O. The molecule has 0 saturated heterocycles. The van der Waals surface area contributed by atoms with Crippen molar-refractivity contribution in [1.82, 2.24) is 15.0 Å². The van der Waals surface area contributed by atoms with Crippen molar-refractivity contribution < 1.29 is 9.50 Å². The van der Waals surface area contributed by atoms with Gasteiger partial charge in [0.05, 0.1) is 12.3 Å². The summed E-state index contributed by atoms with van der Waals surface area (Å²) in [5.74, 6) is -0.232. The van der Waals surface area contributed by atoms with Crippen LogP contribution in [-0.4, -0.2) is 20.1 Å². The number of fused-ring (bicyclic) bond motifs is 1. The van der Waals surface area contributed by atoms with Crippen LogP contribution < -0.4 is 0 Å². The van der Waals surface area contributed by atoms with E-state index in [-0.39, 0.29) is 12.4 Å². The van der Waals surface area contributed by atoms with Crippen LogP contribution in [0.25, 0.3) is 22.3 Å². The van der Waals surface area contributed by atoms with Gasteiger partial charge in [0, 0.05) is 17.5 Å². The molecule has 2 N–H and O–H groups in total. The van der Waals surface area contributed by atoms with Crippen LogP contribution in [0.2, 0.25) is 0 Å². The van der Waals surface area contributed by atoms with Crippen molar-refractivity contribution >= 4 is 11.0 Å². The van der Waals surface area contributed by atoms with Crippen molar-refractivity contribution in [3.63, 3.8) is 0 Å². The van der Waals surface area contributed by atoms with E-state index < -0.39 is 0 Å². The number of nitrogens with one attached hydrogen (secondary N) is 1. The van der Waals surface area contributed by atoms with Crippen LogP contribution in [0.3, 0.4) is 0 Å². The number of rotatable bonds is 4. The summed E-state index contributed by atoms with van der Waals surface area (Å²) in [7, 11) is 0. The molecule has 0 spiro atoms. The molecular weight excluding hydrogens is 317 g/mol. The number of halogens is 1. The Kier molecular flexibility index (Phi) is 3.99. The molecule has 0 unspecified atom stereocenters. The Bertz CT molecular complexity index is 1020. The van der Waals surface area contributed by atoms with Crippen LogP contribution in [0.1, 0.15) is 16.8 Å². The second kappa shape index (κ2) is 6.45. The van der Waals surface area contributed by atoms with Crippen LogP contribution in [0.15, 0.2) is 60.9 Å². The van der Waals surface area contributed by atoms with Crippen LogP contribution in [-0.2, 0) is 13.0 Å². The summed E-state index contributed by atoms with van der Waals surface area (Å²) in [6.45, 7) is 0.0191. The van der Waals surface area contributed by atoms with E-state index >= 15 is 0 Å². The van der Waals surface area contributed by atoms with Crippen molar-refractivity contribution in [3.05, 3.63) is 83.6 Å². The van der Waals surface area contributed by atoms with Gasteiger partial charge in [0.15, 0.2) is 0 Å². The molecule has 124 valence electrons. The Balaban J connectivity index is 1.74. The summed E-state index contributed by atoms with van der Waals surface area (Å²) in [4.78, 5) is 11.9. The number of H-pyrrole nitrogens is 1. The average molecular weight is 333 g/mol. The van der Waals surface area contributed by atoms with E-state index in [1.807, 2.05) is 36.4 Å². The lowest BCUT2D eigenvalue weighted by atomic mass is 10.1. The van der Waals surface area contributed by atoms with E-state index in [0.717, 1.165) is 33.5 Å². The smallest absolute Gasteiger partial charge is 0.141 e. The summed E-state index contributed by atoms with van der Waals surface area (Å²) in [6.07, 6.45) is 1.90. The molecule has 0 radical (unpaired) electrons. The van der Waals surface area contributed by atoms with Crippen molar-refractivity contribution in [2.75, 3.05) is 0 Å². The minimum absolute atomic E-state index is 0.0191. The molecule has 0 aliphatic heterocycles. The summed E-state index contributed by atoms with van der Waals surface area (Å²) in [5.41, 5.74) is 4.88. The topological polar surface area (TPSA) is 61.8 Å². The van der Waals surface area contributed by atoms with Crippen LogP contribution in [0, 0.1) is 5.82 Å². The molecule has 0 amide bonds. The highest BCUT2D eigenvalue weighted by Crippen LogP contribution is 2.26. The number of hydrogen-bond donors (Lipinski definition) is 2. The molecule has 4 nitrogen and oxygen atoms in total. The zero-order valence-electron chi connectivity index (χ0n) is 13.4. The summed E-state index contributed by atoms with van der Waals surface area (Å²) in [5, 5.41) is 10.0. The van der Waals surface area contributed by atoms with Crippen molar-refractivity contribution in [2.24, 2.45) is 0 Å². The van der Waals surface area contributed by atoms with Gasteiger partial charge in [0.1, 0.15) is 17.8 Å². The van der Waals surface area contributed by atoms with Gasteiger partial charge in [-0.15, -0.1) is 0 Å². The fourth-order valence-corrected chi connectivity index (χ4v) is 2.90. The van der Waals surface area contributed by atoms with Crippen molar-refractivity contribution in [3.8, 4) is 11.3 Å². The second-order valence-electron chi connectivity index (χ2n) is 5.89. The van der Waals surface area contributed by atoms with Gasteiger partial charge in [-0.3, -0.25) is 0 Å². The Morgan fingerprint density at radius 3 is 2.56 bits per heavy atom. The number of aromatic nitrogens is 3. The first-order valence-electron chi connectivity index (χ1n) is 8.01. The maximum atomic E-state index is 13.9. The predicted octanol–water partition coefficient (Wildman–Crippen LogP) is 3.85. The summed E-state index contributed by atoms with van der Waals surface area (Å²) in [6, 6.07) is 16.4. The lowest BCUT2D eigenvalue weighted by molar-refractivity contribution is 0.282. The van der Waals surface area contributed by atoms with Gasteiger partial charge < -0.3 is 10.1 Å². The first-order valence-corrected chi connectivity index (χ1v) is 8.01. The normalized spacial score (nSPS) is 11.1. The molecule has 0 fully saturated rings. The molecule has 0 aliphatic carbocycles. The van der Waals surface area contributed by atoms with E-state index in [0.29, 0.717) is 12.0 Å². The largest absolute Gasteiger partial charge is 0.392 e. The highest BCUT2D eigenvalue weighted by atomic mass is 19.1. The number of aliphatic hydroxyl groups is 1. The third kappa shape index (κ3) is 3.02. The number of nitrogens with zero attached hydrogens (tertiary/aromatic N) is 2. The van der Waals surface area contributed by atoms with Gasteiger partial charge in [-0.1, -0.05) is 42.5 Å². The van der Waals surface area contributed by atoms with Crippen LogP contribution >= 0.6 is 0 Å². The Hall–Kier alpha value is -3.05. The molecule has 5 heteroatoms. The molecule has 0 bridgehead atoms. The molecule has 4 rings (SSSR count). The highest BCUT2D eigenvalue weighted by molar-refractivity contribution is 5.85. The number of aromatic amines is 1. The molecule has 2 aromatic heterocycles. The van der Waals surface area contributed by atoms with Crippen molar-refractivity contribution in [1.29, 1.82) is 0 Å². The summed E-state index contributed by atoms with van der Waals surface area (Å²) >= 11 is 0. The molecule has 0 saturated carbocycles. The van der Waals surface area contributed by atoms with E-state index in [1.54, 1.807) is 12.1 Å². The number of aliphatic hydroxyl groups excluding tert-OH is 1.